The quantitative estimate of drug-likeness (QED) is 0.276. The number of guanidine groups is 1. The minimum absolute atomic E-state index is 0. The maximum absolute atomic E-state index is 5.85. The van der Waals surface area contributed by atoms with Crippen LogP contribution in [0.5, 0.6) is 0 Å². The molecular formula is C16H29IN4OS. The molecule has 0 amide bonds. The highest BCUT2D eigenvalue weighted by molar-refractivity contribution is 14.0. The zero-order chi connectivity index (χ0) is 15.6. The molecule has 1 aliphatic carbocycles. The van der Waals surface area contributed by atoms with Crippen LogP contribution in [-0.2, 0) is 11.2 Å². The molecule has 132 valence electrons. The second-order valence-electron chi connectivity index (χ2n) is 5.67. The zero-order valence-corrected chi connectivity index (χ0v) is 17.3. The van der Waals surface area contributed by atoms with E-state index in [1.165, 1.54) is 35.6 Å². The lowest BCUT2D eigenvalue weighted by molar-refractivity contribution is 0.0574. The molecular weight excluding hydrogens is 423 g/mol. The van der Waals surface area contributed by atoms with Gasteiger partial charge in [0.05, 0.1) is 11.1 Å². The number of aliphatic imine (C=N–C) groups is 1. The Morgan fingerprint density at radius 3 is 2.74 bits per heavy atom. The van der Waals surface area contributed by atoms with Gasteiger partial charge in [0, 0.05) is 44.2 Å². The van der Waals surface area contributed by atoms with Crippen molar-refractivity contribution in [3.63, 3.8) is 0 Å². The largest absolute Gasteiger partial charge is 0.378 e. The molecule has 2 N–H and O–H groups in total. The van der Waals surface area contributed by atoms with Gasteiger partial charge in [-0.1, -0.05) is 12.8 Å². The fourth-order valence-electron chi connectivity index (χ4n) is 2.61. The van der Waals surface area contributed by atoms with Gasteiger partial charge >= 0.3 is 0 Å². The van der Waals surface area contributed by atoms with Crippen molar-refractivity contribution in [2.75, 3.05) is 26.7 Å². The van der Waals surface area contributed by atoms with Crippen molar-refractivity contribution in [1.82, 2.24) is 15.6 Å². The first-order chi connectivity index (χ1) is 10.8. The normalized spacial score (nSPS) is 15.5. The third-order valence-corrected chi connectivity index (χ3v) is 4.77. The van der Waals surface area contributed by atoms with Crippen molar-refractivity contribution >= 4 is 41.3 Å². The average molecular weight is 452 g/mol. The molecule has 0 bridgehead atoms. The summed E-state index contributed by atoms with van der Waals surface area (Å²) in [6.45, 7) is 4.67. The van der Waals surface area contributed by atoms with E-state index in [-0.39, 0.29) is 24.0 Å². The van der Waals surface area contributed by atoms with Crippen LogP contribution in [0, 0.1) is 6.92 Å². The second kappa shape index (κ2) is 12.0. The highest BCUT2D eigenvalue weighted by Gasteiger charge is 2.14. The Hall–Kier alpha value is -0.410. The van der Waals surface area contributed by atoms with E-state index in [2.05, 4.69) is 27.5 Å². The molecule has 1 saturated carbocycles. The Labute approximate surface area is 160 Å². The Bertz CT molecular complexity index is 461. The summed E-state index contributed by atoms with van der Waals surface area (Å²) < 4.78 is 5.85. The van der Waals surface area contributed by atoms with Gasteiger partial charge in [-0.05, 0) is 26.2 Å². The van der Waals surface area contributed by atoms with Gasteiger partial charge in [-0.2, -0.15) is 0 Å². The highest BCUT2D eigenvalue weighted by atomic mass is 127. The van der Waals surface area contributed by atoms with E-state index in [0.717, 1.165) is 38.5 Å². The molecule has 0 atom stereocenters. The lowest BCUT2D eigenvalue weighted by Crippen LogP contribution is -2.39. The van der Waals surface area contributed by atoms with Crippen molar-refractivity contribution in [2.24, 2.45) is 4.99 Å². The van der Waals surface area contributed by atoms with Gasteiger partial charge in [-0.25, -0.2) is 4.98 Å². The number of ether oxygens (including phenoxy) is 1. The van der Waals surface area contributed by atoms with E-state index in [1.807, 2.05) is 6.20 Å². The molecule has 1 aromatic heterocycles. The van der Waals surface area contributed by atoms with Crippen molar-refractivity contribution in [3.05, 3.63) is 16.1 Å². The number of aryl methyl sites for hydroxylation is 1. The Morgan fingerprint density at radius 1 is 1.35 bits per heavy atom. The Balaban J connectivity index is 0.00000264. The van der Waals surface area contributed by atoms with Crippen molar-refractivity contribution in [3.8, 4) is 0 Å². The van der Waals surface area contributed by atoms with E-state index in [1.54, 1.807) is 18.4 Å². The van der Waals surface area contributed by atoms with Crippen LogP contribution >= 0.6 is 35.3 Å². The summed E-state index contributed by atoms with van der Waals surface area (Å²) in [4.78, 5) is 9.86. The molecule has 0 radical (unpaired) electrons. The number of halogens is 1. The molecule has 1 fully saturated rings. The number of aromatic nitrogens is 1. The molecule has 0 aromatic carbocycles. The first-order valence-electron chi connectivity index (χ1n) is 8.25. The number of rotatable bonds is 8. The van der Waals surface area contributed by atoms with E-state index < -0.39 is 0 Å². The van der Waals surface area contributed by atoms with Crippen LogP contribution in [0.3, 0.4) is 0 Å². The SMILES string of the molecule is CN=C(NCCCOC1CCCC1)NCCc1ncc(C)s1.I. The van der Waals surface area contributed by atoms with E-state index in [4.69, 9.17) is 4.74 Å². The minimum Gasteiger partial charge on any atom is -0.378 e. The van der Waals surface area contributed by atoms with E-state index >= 15 is 0 Å². The fourth-order valence-corrected chi connectivity index (χ4v) is 3.40. The molecule has 7 heteroatoms. The Morgan fingerprint density at radius 2 is 2.09 bits per heavy atom. The van der Waals surface area contributed by atoms with Gasteiger partial charge in [-0.15, -0.1) is 35.3 Å². The first-order valence-corrected chi connectivity index (χ1v) is 9.07. The fraction of sp³-hybridized carbons (Fsp3) is 0.750. The third-order valence-electron chi connectivity index (χ3n) is 3.79. The third kappa shape index (κ3) is 8.30. The summed E-state index contributed by atoms with van der Waals surface area (Å²) in [7, 11) is 1.80. The zero-order valence-electron chi connectivity index (χ0n) is 14.1. The molecule has 1 aliphatic rings. The van der Waals surface area contributed by atoms with Crippen molar-refractivity contribution in [1.29, 1.82) is 0 Å². The molecule has 1 heterocycles. The van der Waals surface area contributed by atoms with Crippen molar-refractivity contribution < 1.29 is 4.74 Å². The van der Waals surface area contributed by atoms with Gasteiger partial charge in [0.15, 0.2) is 5.96 Å². The van der Waals surface area contributed by atoms with Crippen LogP contribution in [-0.4, -0.2) is 43.8 Å². The number of nitrogens with zero attached hydrogens (tertiary/aromatic N) is 2. The topological polar surface area (TPSA) is 58.5 Å². The number of nitrogens with one attached hydrogen (secondary N) is 2. The van der Waals surface area contributed by atoms with Crippen LogP contribution in [0.2, 0.25) is 0 Å². The summed E-state index contributed by atoms with van der Waals surface area (Å²) in [5.41, 5.74) is 0. The molecule has 23 heavy (non-hydrogen) atoms. The predicted molar refractivity (Wildman–Crippen MR) is 108 cm³/mol. The lowest BCUT2D eigenvalue weighted by atomic mass is 10.3. The molecule has 0 spiro atoms. The van der Waals surface area contributed by atoms with Crippen LogP contribution in [0.25, 0.3) is 0 Å². The van der Waals surface area contributed by atoms with Gasteiger partial charge in [0.2, 0.25) is 0 Å². The highest BCUT2D eigenvalue weighted by Crippen LogP contribution is 2.20. The minimum atomic E-state index is 0. The number of hydrogen-bond acceptors (Lipinski definition) is 4. The van der Waals surface area contributed by atoms with E-state index in [0.29, 0.717) is 6.10 Å². The smallest absolute Gasteiger partial charge is 0.190 e. The first kappa shape index (κ1) is 20.6. The predicted octanol–water partition coefficient (Wildman–Crippen LogP) is 3.13. The summed E-state index contributed by atoms with van der Waals surface area (Å²) >= 11 is 1.76. The maximum Gasteiger partial charge on any atom is 0.190 e. The lowest BCUT2D eigenvalue weighted by Gasteiger charge is -2.13. The number of hydrogen-bond donors (Lipinski definition) is 2. The molecule has 0 unspecified atom stereocenters. The summed E-state index contributed by atoms with van der Waals surface area (Å²) in [6, 6.07) is 0. The molecule has 2 rings (SSSR count). The van der Waals surface area contributed by atoms with Crippen LogP contribution in [0.15, 0.2) is 11.2 Å². The van der Waals surface area contributed by atoms with Gasteiger partial charge in [0.1, 0.15) is 0 Å². The number of thiazole rings is 1. The van der Waals surface area contributed by atoms with Crippen LogP contribution < -0.4 is 10.6 Å². The van der Waals surface area contributed by atoms with Crippen molar-refractivity contribution in [2.45, 2.75) is 51.6 Å². The second-order valence-corrected chi connectivity index (χ2v) is 6.99. The summed E-state index contributed by atoms with van der Waals surface area (Å²) in [5, 5.41) is 7.82. The van der Waals surface area contributed by atoms with Gasteiger partial charge in [0.25, 0.3) is 0 Å². The molecule has 1 aromatic rings. The average Bonchev–Trinajstić information content (AvgIpc) is 3.17. The van der Waals surface area contributed by atoms with Gasteiger partial charge < -0.3 is 15.4 Å². The molecule has 0 saturated heterocycles. The van der Waals surface area contributed by atoms with Gasteiger partial charge in [-0.3, -0.25) is 4.99 Å². The molecule has 5 nitrogen and oxygen atoms in total. The van der Waals surface area contributed by atoms with E-state index in [9.17, 15) is 0 Å². The summed E-state index contributed by atoms with van der Waals surface area (Å²) in [5.74, 6) is 0.856. The summed E-state index contributed by atoms with van der Waals surface area (Å²) in [6.07, 6.45) is 9.54. The van der Waals surface area contributed by atoms with Crippen LogP contribution in [0.4, 0.5) is 0 Å². The maximum atomic E-state index is 5.85. The standard InChI is InChI=1S/C16H28N4OS.HI/c1-13-12-20-15(22-13)8-10-19-16(17-2)18-9-5-11-21-14-6-3-4-7-14;/h12,14H,3-11H2,1-2H3,(H2,17,18,19);1H. The molecule has 0 aliphatic heterocycles. The Kier molecular flexibility index (Phi) is 10.8. The monoisotopic (exact) mass is 452 g/mol. The van der Waals surface area contributed by atoms with Crippen LogP contribution in [0.1, 0.15) is 42.0 Å².